The van der Waals surface area contributed by atoms with Gasteiger partial charge in [0.2, 0.25) is 6.41 Å². The van der Waals surface area contributed by atoms with Crippen LogP contribution in [-0.4, -0.2) is 49.5 Å². The maximum absolute atomic E-state index is 10.6. The van der Waals surface area contributed by atoms with Crippen molar-refractivity contribution in [2.45, 2.75) is 6.54 Å². The number of ether oxygens (including phenoxy) is 1. The van der Waals surface area contributed by atoms with Gasteiger partial charge >= 0.3 is 0 Å². The molecule has 0 aromatic heterocycles. The van der Waals surface area contributed by atoms with E-state index >= 15 is 0 Å². The van der Waals surface area contributed by atoms with Crippen LogP contribution < -0.4 is 4.74 Å². The Labute approximate surface area is 102 Å². The molecule has 1 amide bonds. The molecule has 1 saturated heterocycles. The van der Waals surface area contributed by atoms with Gasteiger partial charge in [-0.25, -0.2) is 0 Å². The summed E-state index contributed by atoms with van der Waals surface area (Å²) in [4.78, 5) is 14.8. The quantitative estimate of drug-likeness (QED) is 0.728. The maximum Gasteiger partial charge on any atom is 0.209 e. The summed E-state index contributed by atoms with van der Waals surface area (Å²) in [5.74, 6) is 0.935. The van der Waals surface area contributed by atoms with Crippen LogP contribution in [0.2, 0.25) is 0 Å². The molecule has 17 heavy (non-hydrogen) atoms. The lowest BCUT2D eigenvalue weighted by molar-refractivity contribution is -0.119. The normalized spacial score (nSPS) is 16.9. The summed E-state index contributed by atoms with van der Waals surface area (Å²) in [6.45, 7) is 4.38. The number of carbonyl (C=O) groups excluding carboxylic acids is 1. The zero-order valence-electron chi connectivity index (χ0n) is 10.1. The third-order valence-corrected chi connectivity index (χ3v) is 3.14. The summed E-state index contributed by atoms with van der Waals surface area (Å²) < 4.78 is 5.34. The fourth-order valence-electron chi connectivity index (χ4n) is 2.10. The summed E-state index contributed by atoms with van der Waals surface area (Å²) in [5, 5.41) is 0. The molecule has 1 fully saturated rings. The molecule has 0 N–H and O–H groups in total. The van der Waals surface area contributed by atoms with Gasteiger partial charge in [0, 0.05) is 38.3 Å². The van der Waals surface area contributed by atoms with Gasteiger partial charge < -0.3 is 9.64 Å². The Morgan fingerprint density at radius 2 is 1.94 bits per heavy atom. The minimum Gasteiger partial charge on any atom is -0.496 e. The molecule has 92 valence electrons. The van der Waals surface area contributed by atoms with Gasteiger partial charge in [-0.15, -0.1) is 0 Å². The molecule has 4 nitrogen and oxygen atoms in total. The smallest absolute Gasteiger partial charge is 0.209 e. The molecule has 0 unspecified atom stereocenters. The van der Waals surface area contributed by atoms with E-state index in [4.69, 9.17) is 4.74 Å². The molecule has 1 heterocycles. The topological polar surface area (TPSA) is 32.8 Å². The van der Waals surface area contributed by atoms with Crippen LogP contribution in [0.1, 0.15) is 5.56 Å². The standard InChI is InChI=1S/C13H18N2O2/c1-17-13-5-3-2-4-12(13)10-14-6-8-15(11-16)9-7-14/h2-5,11H,6-10H2,1H3. The SMILES string of the molecule is COc1ccccc1CN1CCN(C=O)CC1. The molecule has 1 aliphatic rings. The molecule has 1 aromatic rings. The van der Waals surface area contributed by atoms with Gasteiger partial charge in [-0.1, -0.05) is 18.2 Å². The van der Waals surface area contributed by atoms with Gasteiger partial charge in [-0.2, -0.15) is 0 Å². The summed E-state index contributed by atoms with van der Waals surface area (Å²) >= 11 is 0. The largest absolute Gasteiger partial charge is 0.496 e. The van der Waals surface area contributed by atoms with Crippen LogP contribution in [0.5, 0.6) is 5.75 Å². The van der Waals surface area contributed by atoms with Crippen molar-refractivity contribution in [2.75, 3.05) is 33.3 Å². The summed E-state index contributed by atoms with van der Waals surface area (Å²) in [7, 11) is 1.70. The van der Waals surface area contributed by atoms with Crippen molar-refractivity contribution in [2.24, 2.45) is 0 Å². The minimum absolute atomic E-state index is 0.818. The Morgan fingerprint density at radius 1 is 1.24 bits per heavy atom. The zero-order chi connectivity index (χ0) is 12.1. The van der Waals surface area contributed by atoms with Gasteiger partial charge in [-0.3, -0.25) is 9.69 Å². The van der Waals surface area contributed by atoms with Crippen molar-refractivity contribution < 1.29 is 9.53 Å². The van der Waals surface area contributed by atoms with Crippen molar-refractivity contribution in [3.05, 3.63) is 29.8 Å². The van der Waals surface area contributed by atoms with E-state index < -0.39 is 0 Å². The second-order valence-corrected chi connectivity index (χ2v) is 4.23. The number of benzene rings is 1. The second-order valence-electron chi connectivity index (χ2n) is 4.23. The second kappa shape index (κ2) is 5.68. The summed E-state index contributed by atoms with van der Waals surface area (Å²) in [6.07, 6.45) is 0.931. The predicted octanol–water partition coefficient (Wildman–Crippen LogP) is 0.969. The molecule has 0 aliphatic carbocycles. The minimum atomic E-state index is 0.818. The van der Waals surface area contributed by atoms with E-state index in [9.17, 15) is 4.79 Å². The van der Waals surface area contributed by atoms with Crippen LogP contribution >= 0.6 is 0 Å². The molecule has 0 atom stereocenters. The molecule has 1 aliphatic heterocycles. The van der Waals surface area contributed by atoms with E-state index in [2.05, 4.69) is 11.0 Å². The molecule has 0 saturated carbocycles. The average molecular weight is 234 g/mol. The number of nitrogens with zero attached hydrogens (tertiary/aromatic N) is 2. The highest BCUT2D eigenvalue weighted by atomic mass is 16.5. The molecule has 2 rings (SSSR count). The lowest BCUT2D eigenvalue weighted by Crippen LogP contribution is -2.45. The van der Waals surface area contributed by atoms with E-state index in [1.165, 1.54) is 5.56 Å². The monoisotopic (exact) mass is 234 g/mol. The number of rotatable bonds is 4. The molecule has 1 aromatic carbocycles. The van der Waals surface area contributed by atoms with Crippen LogP contribution in [0, 0.1) is 0 Å². The first kappa shape index (κ1) is 11.9. The van der Waals surface area contributed by atoms with Crippen molar-refractivity contribution >= 4 is 6.41 Å². The number of piperazine rings is 1. The maximum atomic E-state index is 10.6. The Bertz CT molecular complexity index is 373. The predicted molar refractivity (Wildman–Crippen MR) is 65.9 cm³/mol. The number of methoxy groups -OCH3 is 1. The number of amides is 1. The number of hydrogen-bond donors (Lipinski definition) is 0. The van der Waals surface area contributed by atoms with Gasteiger partial charge in [0.1, 0.15) is 5.75 Å². The van der Waals surface area contributed by atoms with Gasteiger partial charge in [-0.05, 0) is 6.07 Å². The van der Waals surface area contributed by atoms with Gasteiger partial charge in [0.05, 0.1) is 7.11 Å². The van der Waals surface area contributed by atoms with Gasteiger partial charge in [0.15, 0.2) is 0 Å². The Balaban J connectivity index is 1.95. The molecule has 4 heteroatoms. The zero-order valence-corrected chi connectivity index (χ0v) is 10.1. The lowest BCUT2D eigenvalue weighted by Gasteiger charge is -2.32. The van der Waals surface area contributed by atoms with Crippen LogP contribution in [-0.2, 0) is 11.3 Å². The van der Waals surface area contributed by atoms with Crippen molar-refractivity contribution in [3.63, 3.8) is 0 Å². The molecular formula is C13H18N2O2. The lowest BCUT2D eigenvalue weighted by atomic mass is 10.1. The fraction of sp³-hybridized carbons (Fsp3) is 0.462. The van der Waals surface area contributed by atoms with Crippen LogP contribution in [0.3, 0.4) is 0 Å². The first-order valence-electron chi connectivity index (χ1n) is 5.87. The summed E-state index contributed by atoms with van der Waals surface area (Å²) in [5.41, 5.74) is 1.20. The number of hydrogen-bond acceptors (Lipinski definition) is 3. The summed E-state index contributed by atoms with van der Waals surface area (Å²) in [6, 6.07) is 8.08. The Hall–Kier alpha value is -1.55. The van der Waals surface area contributed by atoms with E-state index in [1.807, 2.05) is 23.1 Å². The van der Waals surface area contributed by atoms with E-state index in [0.29, 0.717) is 0 Å². The Morgan fingerprint density at radius 3 is 2.59 bits per heavy atom. The first-order valence-corrected chi connectivity index (χ1v) is 5.87. The van der Waals surface area contributed by atoms with Crippen molar-refractivity contribution in [1.82, 2.24) is 9.80 Å². The third kappa shape index (κ3) is 2.97. The van der Waals surface area contributed by atoms with Crippen molar-refractivity contribution in [3.8, 4) is 5.75 Å². The molecular weight excluding hydrogens is 216 g/mol. The fourth-order valence-corrected chi connectivity index (χ4v) is 2.10. The van der Waals surface area contributed by atoms with E-state index in [-0.39, 0.29) is 0 Å². The van der Waals surface area contributed by atoms with Gasteiger partial charge in [0.25, 0.3) is 0 Å². The Kier molecular flexibility index (Phi) is 3.98. The van der Waals surface area contributed by atoms with E-state index in [0.717, 1.165) is 44.9 Å². The highest BCUT2D eigenvalue weighted by molar-refractivity contribution is 5.47. The molecule has 0 bridgehead atoms. The highest BCUT2D eigenvalue weighted by Gasteiger charge is 2.16. The highest BCUT2D eigenvalue weighted by Crippen LogP contribution is 2.19. The number of para-hydroxylation sites is 1. The van der Waals surface area contributed by atoms with Crippen LogP contribution in [0.25, 0.3) is 0 Å². The van der Waals surface area contributed by atoms with E-state index in [1.54, 1.807) is 7.11 Å². The first-order chi connectivity index (χ1) is 8.33. The number of carbonyl (C=O) groups is 1. The third-order valence-electron chi connectivity index (χ3n) is 3.14. The average Bonchev–Trinajstić information content (AvgIpc) is 2.40. The molecule has 0 spiro atoms. The van der Waals surface area contributed by atoms with Crippen molar-refractivity contribution in [1.29, 1.82) is 0 Å². The molecule has 0 radical (unpaired) electrons. The van der Waals surface area contributed by atoms with Crippen LogP contribution in [0.15, 0.2) is 24.3 Å². The van der Waals surface area contributed by atoms with Crippen LogP contribution in [0.4, 0.5) is 0 Å².